The van der Waals surface area contributed by atoms with Crippen LogP contribution in [0.1, 0.15) is 21.5 Å². The molecule has 0 spiro atoms. The average Bonchev–Trinajstić information content (AvgIpc) is 2.64. The highest BCUT2D eigenvalue weighted by molar-refractivity contribution is 5.94. The van der Waals surface area contributed by atoms with Crippen molar-refractivity contribution in [2.75, 3.05) is 5.32 Å². The lowest BCUT2D eigenvalue weighted by molar-refractivity contribution is 0.0950. The van der Waals surface area contributed by atoms with Gasteiger partial charge in [-0.05, 0) is 36.8 Å². The van der Waals surface area contributed by atoms with Crippen molar-refractivity contribution in [3.63, 3.8) is 0 Å². The Morgan fingerprint density at radius 2 is 1.81 bits per heavy atom. The van der Waals surface area contributed by atoms with E-state index in [0.29, 0.717) is 17.9 Å². The van der Waals surface area contributed by atoms with E-state index in [-0.39, 0.29) is 11.6 Å². The fraction of sp³-hybridized carbons (Fsp3) is 0.100. The molecular weight excluding hydrogens is 336 g/mol. The first-order valence-corrected chi connectivity index (χ1v) is 8.03. The summed E-state index contributed by atoms with van der Waals surface area (Å²) in [5.74, 6) is -1.27. The maximum absolute atomic E-state index is 13.6. The minimum absolute atomic E-state index is 0.107. The van der Waals surface area contributed by atoms with E-state index in [1.165, 1.54) is 12.3 Å². The van der Waals surface area contributed by atoms with E-state index in [2.05, 4.69) is 15.6 Å². The Labute approximate surface area is 149 Å². The van der Waals surface area contributed by atoms with Crippen molar-refractivity contribution in [1.29, 1.82) is 0 Å². The number of rotatable bonds is 5. The maximum Gasteiger partial charge on any atom is 0.253 e. The van der Waals surface area contributed by atoms with Crippen molar-refractivity contribution in [3.05, 3.63) is 89.1 Å². The lowest BCUT2D eigenvalue weighted by atomic mass is 10.1. The molecule has 0 fully saturated rings. The van der Waals surface area contributed by atoms with Crippen molar-refractivity contribution < 1.29 is 13.6 Å². The Kier molecular flexibility index (Phi) is 5.22. The molecule has 1 heterocycles. The fourth-order valence-corrected chi connectivity index (χ4v) is 2.32. The van der Waals surface area contributed by atoms with E-state index < -0.39 is 11.6 Å². The predicted octanol–water partition coefficient (Wildman–Crippen LogP) is 4.34. The standard InChI is InChI=1S/C20H17F2N3O/c1-13-2-4-14(5-3-13)11-24-20(26)15-6-9-19(23-12-15)25-18-8-7-16(21)10-17(18)22/h2-10,12H,11H2,1H3,(H,23,25)(H,24,26). The van der Waals surface area contributed by atoms with Crippen LogP contribution in [0, 0.1) is 18.6 Å². The van der Waals surface area contributed by atoms with Gasteiger partial charge in [0.15, 0.2) is 0 Å². The van der Waals surface area contributed by atoms with Crippen LogP contribution in [0.15, 0.2) is 60.8 Å². The highest BCUT2D eigenvalue weighted by atomic mass is 19.1. The summed E-state index contributed by atoms with van der Waals surface area (Å²) in [6, 6.07) is 14.2. The number of halogens is 2. The van der Waals surface area contributed by atoms with Crippen molar-refractivity contribution in [2.45, 2.75) is 13.5 Å². The Morgan fingerprint density at radius 1 is 1.04 bits per heavy atom. The van der Waals surface area contributed by atoms with Gasteiger partial charge < -0.3 is 10.6 Å². The quantitative estimate of drug-likeness (QED) is 0.717. The second-order valence-electron chi connectivity index (χ2n) is 5.85. The molecule has 0 saturated carbocycles. The molecule has 0 radical (unpaired) electrons. The zero-order chi connectivity index (χ0) is 18.5. The summed E-state index contributed by atoms with van der Waals surface area (Å²) in [5, 5.41) is 5.56. The van der Waals surface area contributed by atoms with Gasteiger partial charge in [-0.2, -0.15) is 0 Å². The topological polar surface area (TPSA) is 54.0 Å². The van der Waals surface area contributed by atoms with Crippen molar-refractivity contribution in [3.8, 4) is 0 Å². The van der Waals surface area contributed by atoms with Gasteiger partial charge in [-0.25, -0.2) is 13.8 Å². The fourth-order valence-electron chi connectivity index (χ4n) is 2.32. The van der Waals surface area contributed by atoms with E-state index >= 15 is 0 Å². The van der Waals surface area contributed by atoms with Crippen molar-refractivity contribution in [2.24, 2.45) is 0 Å². The third-order valence-corrected chi connectivity index (χ3v) is 3.79. The van der Waals surface area contributed by atoms with Crippen LogP contribution in [-0.2, 0) is 6.54 Å². The van der Waals surface area contributed by atoms with Crippen LogP contribution in [0.25, 0.3) is 0 Å². The molecule has 0 aliphatic heterocycles. The van der Waals surface area contributed by atoms with Gasteiger partial charge in [0.1, 0.15) is 17.5 Å². The van der Waals surface area contributed by atoms with Gasteiger partial charge in [0, 0.05) is 18.8 Å². The Morgan fingerprint density at radius 3 is 2.46 bits per heavy atom. The van der Waals surface area contributed by atoms with Crippen molar-refractivity contribution >= 4 is 17.4 Å². The highest BCUT2D eigenvalue weighted by Gasteiger charge is 2.08. The Hall–Kier alpha value is -3.28. The smallest absolute Gasteiger partial charge is 0.253 e. The summed E-state index contributed by atoms with van der Waals surface area (Å²) in [6.07, 6.45) is 1.40. The number of anilines is 2. The summed E-state index contributed by atoms with van der Waals surface area (Å²) in [6.45, 7) is 2.42. The molecule has 1 aromatic heterocycles. The number of benzene rings is 2. The summed E-state index contributed by atoms with van der Waals surface area (Å²) in [5.41, 5.74) is 2.66. The summed E-state index contributed by atoms with van der Waals surface area (Å²) < 4.78 is 26.6. The van der Waals surface area contributed by atoms with E-state index in [9.17, 15) is 13.6 Å². The second kappa shape index (κ2) is 7.74. The molecule has 0 atom stereocenters. The molecular formula is C20H17F2N3O. The molecule has 4 nitrogen and oxygen atoms in total. The SMILES string of the molecule is Cc1ccc(CNC(=O)c2ccc(Nc3ccc(F)cc3F)nc2)cc1. The second-order valence-corrected chi connectivity index (χ2v) is 5.85. The number of hydrogen-bond acceptors (Lipinski definition) is 3. The normalized spacial score (nSPS) is 10.4. The highest BCUT2D eigenvalue weighted by Crippen LogP contribution is 2.19. The number of amides is 1. The third-order valence-electron chi connectivity index (χ3n) is 3.79. The number of carbonyl (C=O) groups excluding carboxylic acids is 1. The average molecular weight is 353 g/mol. The Bertz CT molecular complexity index is 909. The van der Waals surface area contributed by atoms with Gasteiger partial charge in [-0.3, -0.25) is 4.79 Å². The molecule has 1 amide bonds. The van der Waals surface area contributed by atoms with E-state index in [0.717, 1.165) is 23.3 Å². The number of aryl methyl sites for hydroxylation is 1. The number of nitrogens with zero attached hydrogens (tertiary/aromatic N) is 1. The van der Waals surface area contributed by atoms with Crippen LogP contribution < -0.4 is 10.6 Å². The first kappa shape index (κ1) is 17.5. The molecule has 0 aliphatic rings. The van der Waals surface area contributed by atoms with Gasteiger partial charge in [0.2, 0.25) is 0 Å². The van der Waals surface area contributed by atoms with Gasteiger partial charge in [-0.1, -0.05) is 29.8 Å². The predicted molar refractivity (Wildman–Crippen MR) is 96.2 cm³/mol. The number of carbonyl (C=O) groups is 1. The molecule has 2 N–H and O–H groups in total. The molecule has 132 valence electrons. The van der Waals surface area contributed by atoms with Crippen LogP contribution in [-0.4, -0.2) is 10.9 Å². The van der Waals surface area contributed by atoms with Crippen LogP contribution in [0.3, 0.4) is 0 Å². The number of pyridine rings is 1. The minimum Gasteiger partial charge on any atom is -0.348 e. The van der Waals surface area contributed by atoms with E-state index in [4.69, 9.17) is 0 Å². The molecule has 26 heavy (non-hydrogen) atoms. The maximum atomic E-state index is 13.6. The summed E-state index contributed by atoms with van der Waals surface area (Å²) in [4.78, 5) is 16.3. The summed E-state index contributed by atoms with van der Waals surface area (Å²) in [7, 11) is 0. The Balaban J connectivity index is 1.61. The van der Waals surface area contributed by atoms with Crippen LogP contribution in [0.5, 0.6) is 0 Å². The number of nitrogens with one attached hydrogen (secondary N) is 2. The molecule has 2 aromatic carbocycles. The van der Waals surface area contributed by atoms with Crippen LogP contribution in [0.4, 0.5) is 20.3 Å². The molecule has 0 saturated heterocycles. The largest absolute Gasteiger partial charge is 0.348 e. The van der Waals surface area contributed by atoms with Gasteiger partial charge >= 0.3 is 0 Å². The molecule has 0 aliphatic carbocycles. The molecule has 0 bridgehead atoms. The third kappa shape index (κ3) is 4.42. The van der Waals surface area contributed by atoms with Crippen LogP contribution >= 0.6 is 0 Å². The minimum atomic E-state index is -0.716. The van der Waals surface area contributed by atoms with E-state index in [1.54, 1.807) is 12.1 Å². The van der Waals surface area contributed by atoms with Gasteiger partial charge in [0.05, 0.1) is 11.3 Å². The molecule has 3 rings (SSSR count). The summed E-state index contributed by atoms with van der Waals surface area (Å²) >= 11 is 0. The van der Waals surface area contributed by atoms with Crippen LogP contribution in [0.2, 0.25) is 0 Å². The van der Waals surface area contributed by atoms with Crippen molar-refractivity contribution in [1.82, 2.24) is 10.3 Å². The number of aromatic nitrogens is 1. The van der Waals surface area contributed by atoms with E-state index in [1.807, 2.05) is 31.2 Å². The van der Waals surface area contributed by atoms with Gasteiger partial charge in [-0.15, -0.1) is 0 Å². The molecule has 3 aromatic rings. The van der Waals surface area contributed by atoms with Gasteiger partial charge in [0.25, 0.3) is 5.91 Å². The first-order valence-electron chi connectivity index (χ1n) is 8.03. The zero-order valence-corrected chi connectivity index (χ0v) is 14.1. The lowest BCUT2D eigenvalue weighted by Gasteiger charge is -2.08. The molecule has 0 unspecified atom stereocenters. The molecule has 6 heteroatoms. The lowest BCUT2D eigenvalue weighted by Crippen LogP contribution is -2.22. The number of hydrogen-bond donors (Lipinski definition) is 2. The first-order chi connectivity index (χ1) is 12.5. The zero-order valence-electron chi connectivity index (χ0n) is 14.1. The monoisotopic (exact) mass is 353 g/mol.